The van der Waals surface area contributed by atoms with Crippen LogP contribution >= 0.6 is 0 Å². The van der Waals surface area contributed by atoms with Gasteiger partial charge in [-0.1, -0.05) is 0 Å². The lowest BCUT2D eigenvalue weighted by atomic mass is 10.2. The van der Waals surface area contributed by atoms with Gasteiger partial charge in [0, 0.05) is 12.2 Å². The highest BCUT2D eigenvalue weighted by molar-refractivity contribution is 5.03. The number of hydrogen-bond acceptors (Lipinski definition) is 2. The lowest BCUT2D eigenvalue weighted by Gasteiger charge is -2.18. The van der Waals surface area contributed by atoms with E-state index in [2.05, 4.69) is 15.5 Å². The summed E-state index contributed by atoms with van der Waals surface area (Å²) in [5, 5.41) is 8.49. The molecular weight excluding hydrogens is 214 g/mol. The molecule has 15 heavy (non-hydrogen) atoms. The highest BCUT2D eigenvalue weighted by atomic mass is 19.3. The number of aromatic amines is 1. The molecular formula is C8H11F4N3. The summed E-state index contributed by atoms with van der Waals surface area (Å²) in [7, 11) is 0. The predicted octanol–water partition coefficient (Wildman–Crippen LogP) is 1.96. The van der Waals surface area contributed by atoms with Gasteiger partial charge in [-0.05, 0) is 13.0 Å². The zero-order chi connectivity index (χ0) is 11.5. The molecule has 86 valence electrons. The maximum atomic E-state index is 12.5. The van der Waals surface area contributed by atoms with Crippen molar-refractivity contribution in [1.29, 1.82) is 0 Å². The summed E-state index contributed by atoms with van der Waals surface area (Å²) in [6, 6.07) is 1.11. The number of nitrogens with one attached hydrogen (secondary N) is 2. The molecule has 0 spiro atoms. The molecule has 0 radical (unpaired) electrons. The van der Waals surface area contributed by atoms with E-state index in [1.807, 2.05) is 0 Å². The van der Waals surface area contributed by atoms with Crippen molar-refractivity contribution in [2.24, 2.45) is 0 Å². The number of rotatable bonds is 5. The van der Waals surface area contributed by atoms with Crippen molar-refractivity contribution < 1.29 is 17.6 Å². The normalized spacial score (nSPS) is 14.5. The van der Waals surface area contributed by atoms with Crippen LogP contribution in [0.4, 0.5) is 17.6 Å². The molecule has 1 rings (SSSR count). The molecule has 1 atom stereocenters. The Morgan fingerprint density at radius 1 is 1.53 bits per heavy atom. The number of halogens is 4. The maximum Gasteiger partial charge on any atom is 0.319 e. The summed E-state index contributed by atoms with van der Waals surface area (Å²) in [6.45, 7) is 0.514. The van der Waals surface area contributed by atoms with Gasteiger partial charge in [-0.2, -0.15) is 13.9 Å². The van der Waals surface area contributed by atoms with Gasteiger partial charge in [0.1, 0.15) is 0 Å². The van der Waals surface area contributed by atoms with Gasteiger partial charge in [-0.3, -0.25) is 5.10 Å². The second-order valence-corrected chi connectivity index (χ2v) is 3.18. The fourth-order valence-electron chi connectivity index (χ4n) is 0.984. The van der Waals surface area contributed by atoms with Crippen LogP contribution in [-0.4, -0.2) is 29.1 Å². The first kappa shape index (κ1) is 12.0. The highest BCUT2D eigenvalue weighted by Crippen LogP contribution is 2.22. The lowest BCUT2D eigenvalue weighted by molar-refractivity contribution is -0.126. The topological polar surface area (TPSA) is 40.7 Å². The molecule has 0 amide bonds. The zero-order valence-electron chi connectivity index (χ0n) is 7.98. The van der Waals surface area contributed by atoms with Crippen molar-refractivity contribution in [3.05, 3.63) is 18.0 Å². The Hall–Kier alpha value is -1.11. The molecule has 7 heteroatoms. The summed E-state index contributed by atoms with van der Waals surface area (Å²) in [6.07, 6.45) is -2.20. The van der Waals surface area contributed by atoms with Crippen LogP contribution in [0.5, 0.6) is 0 Å². The fourth-order valence-corrected chi connectivity index (χ4v) is 0.984. The van der Waals surface area contributed by atoms with E-state index in [1.165, 1.54) is 6.20 Å². The molecule has 3 nitrogen and oxygen atoms in total. The first-order chi connectivity index (χ1) is 6.93. The summed E-state index contributed by atoms with van der Waals surface area (Å²) in [4.78, 5) is 0. The summed E-state index contributed by atoms with van der Waals surface area (Å²) in [5.74, 6) is -4.01. The standard InChI is InChI=1S/C8H11F4N3/c1-5(6-2-3-14-15-6)13-4-8(11,12)7(9)10/h2-3,5,7,13H,4H2,1H3,(H,14,15). The first-order valence-electron chi connectivity index (χ1n) is 4.32. The summed E-state index contributed by atoms with van der Waals surface area (Å²) in [5.41, 5.74) is 0.570. The van der Waals surface area contributed by atoms with E-state index >= 15 is 0 Å². The van der Waals surface area contributed by atoms with Gasteiger partial charge in [0.2, 0.25) is 0 Å². The Morgan fingerprint density at radius 2 is 2.20 bits per heavy atom. The molecule has 0 aliphatic rings. The second kappa shape index (κ2) is 4.61. The minimum atomic E-state index is -4.01. The molecule has 0 saturated heterocycles. The third-order valence-electron chi connectivity index (χ3n) is 1.95. The van der Waals surface area contributed by atoms with E-state index in [9.17, 15) is 17.6 Å². The van der Waals surface area contributed by atoms with E-state index in [1.54, 1.807) is 13.0 Å². The average molecular weight is 225 g/mol. The van der Waals surface area contributed by atoms with Crippen LogP contribution in [0.3, 0.4) is 0 Å². The van der Waals surface area contributed by atoms with Crippen LogP contribution in [0.25, 0.3) is 0 Å². The third kappa shape index (κ3) is 3.19. The summed E-state index contributed by atoms with van der Waals surface area (Å²) >= 11 is 0. The minimum absolute atomic E-state index is 0.475. The molecule has 1 aromatic heterocycles. The number of aromatic nitrogens is 2. The predicted molar refractivity (Wildman–Crippen MR) is 46.0 cm³/mol. The van der Waals surface area contributed by atoms with Gasteiger partial charge in [-0.15, -0.1) is 0 Å². The first-order valence-corrected chi connectivity index (χ1v) is 4.32. The van der Waals surface area contributed by atoms with Gasteiger partial charge in [0.05, 0.1) is 12.2 Å². The van der Waals surface area contributed by atoms with Gasteiger partial charge in [-0.25, -0.2) is 8.78 Å². The molecule has 0 saturated carbocycles. The van der Waals surface area contributed by atoms with E-state index in [0.717, 1.165) is 0 Å². The second-order valence-electron chi connectivity index (χ2n) is 3.18. The van der Waals surface area contributed by atoms with Crippen molar-refractivity contribution in [2.75, 3.05) is 6.54 Å². The van der Waals surface area contributed by atoms with Gasteiger partial charge >= 0.3 is 12.3 Å². The van der Waals surface area contributed by atoms with Crippen molar-refractivity contribution in [3.63, 3.8) is 0 Å². The molecule has 2 N–H and O–H groups in total. The fraction of sp³-hybridized carbons (Fsp3) is 0.625. The summed E-state index contributed by atoms with van der Waals surface area (Å²) < 4.78 is 48.6. The van der Waals surface area contributed by atoms with E-state index < -0.39 is 24.9 Å². The maximum absolute atomic E-state index is 12.5. The number of hydrogen-bond donors (Lipinski definition) is 2. The third-order valence-corrected chi connectivity index (χ3v) is 1.95. The largest absolute Gasteiger partial charge is 0.319 e. The Kier molecular flexibility index (Phi) is 3.67. The quantitative estimate of drug-likeness (QED) is 0.752. The Morgan fingerprint density at radius 3 is 2.67 bits per heavy atom. The van der Waals surface area contributed by atoms with Crippen LogP contribution in [0, 0.1) is 0 Å². The lowest BCUT2D eigenvalue weighted by Crippen LogP contribution is -2.39. The van der Waals surface area contributed by atoms with E-state index in [4.69, 9.17) is 0 Å². The molecule has 1 heterocycles. The SMILES string of the molecule is CC(NCC(F)(F)C(F)F)c1ccn[nH]1. The van der Waals surface area contributed by atoms with Crippen LogP contribution in [-0.2, 0) is 0 Å². The van der Waals surface area contributed by atoms with Crippen molar-refractivity contribution in [3.8, 4) is 0 Å². The van der Waals surface area contributed by atoms with Gasteiger partial charge in [0.25, 0.3) is 0 Å². The molecule has 0 fully saturated rings. The minimum Gasteiger partial charge on any atom is -0.303 e. The van der Waals surface area contributed by atoms with Crippen molar-refractivity contribution >= 4 is 0 Å². The number of nitrogens with zero attached hydrogens (tertiary/aromatic N) is 1. The Balaban J connectivity index is 2.44. The Bertz CT molecular complexity index is 286. The zero-order valence-corrected chi connectivity index (χ0v) is 7.98. The van der Waals surface area contributed by atoms with Crippen molar-refractivity contribution in [1.82, 2.24) is 15.5 Å². The monoisotopic (exact) mass is 225 g/mol. The average Bonchev–Trinajstić information content (AvgIpc) is 2.66. The molecule has 1 unspecified atom stereocenters. The van der Waals surface area contributed by atoms with E-state index in [-0.39, 0.29) is 0 Å². The molecule has 0 aliphatic heterocycles. The van der Waals surface area contributed by atoms with Crippen molar-refractivity contribution in [2.45, 2.75) is 25.3 Å². The van der Waals surface area contributed by atoms with E-state index in [0.29, 0.717) is 5.69 Å². The smallest absolute Gasteiger partial charge is 0.303 e. The number of H-pyrrole nitrogens is 1. The Labute approximate surface area is 83.9 Å². The van der Waals surface area contributed by atoms with Crippen LogP contribution in [0.1, 0.15) is 18.7 Å². The van der Waals surface area contributed by atoms with Crippen LogP contribution in [0.2, 0.25) is 0 Å². The van der Waals surface area contributed by atoms with Crippen LogP contribution < -0.4 is 5.32 Å². The highest BCUT2D eigenvalue weighted by Gasteiger charge is 2.40. The van der Waals surface area contributed by atoms with Gasteiger partial charge in [0.15, 0.2) is 0 Å². The van der Waals surface area contributed by atoms with Crippen LogP contribution in [0.15, 0.2) is 12.3 Å². The molecule has 1 aromatic rings. The molecule has 0 aromatic carbocycles. The number of alkyl halides is 4. The molecule has 0 bridgehead atoms. The van der Waals surface area contributed by atoms with Gasteiger partial charge < -0.3 is 5.32 Å². The molecule has 0 aliphatic carbocycles.